The fourth-order valence-electron chi connectivity index (χ4n) is 2.34. The molecular formula is C13H26ClN3O2. The van der Waals surface area contributed by atoms with Crippen molar-refractivity contribution in [2.45, 2.75) is 58.0 Å². The molecule has 5 nitrogen and oxygen atoms in total. The van der Waals surface area contributed by atoms with Crippen LogP contribution in [-0.2, 0) is 9.59 Å². The summed E-state index contributed by atoms with van der Waals surface area (Å²) in [4.78, 5) is 23.0. The first kappa shape index (κ1) is 18.2. The molecule has 6 heteroatoms. The Morgan fingerprint density at radius 2 is 1.95 bits per heavy atom. The standard InChI is InChI=1S/C13H25N3O2.ClH/c1-9(2)16-12(17)6-7-15-13(18)8-10-4-3-5-11(10)14;/h9-11H,3-8,14H2,1-2H3,(H,15,18)(H,16,17);1H/t10-,11+;/m0./s1. The molecule has 2 amide bonds. The number of rotatable bonds is 6. The molecule has 2 atom stereocenters. The van der Waals surface area contributed by atoms with Gasteiger partial charge in [0.05, 0.1) is 0 Å². The zero-order valence-corrected chi connectivity index (χ0v) is 12.6. The van der Waals surface area contributed by atoms with Crippen LogP contribution in [0.25, 0.3) is 0 Å². The van der Waals surface area contributed by atoms with Gasteiger partial charge in [0.25, 0.3) is 0 Å². The van der Waals surface area contributed by atoms with Gasteiger partial charge in [-0.05, 0) is 32.6 Å². The van der Waals surface area contributed by atoms with Crippen molar-refractivity contribution in [3.8, 4) is 0 Å². The molecule has 0 unspecified atom stereocenters. The number of carbonyl (C=O) groups is 2. The van der Waals surface area contributed by atoms with Crippen LogP contribution in [0.1, 0.15) is 46.0 Å². The van der Waals surface area contributed by atoms with Crippen molar-refractivity contribution in [2.75, 3.05) is 6.54 Å². The molecule has 0 aliphatic heterocycles. The number of nitrogens with one attached hydrogen (secondary N) is 2. The van der Waals surface area contributed by atoms with Gasteiger partial charge in [0.2, 0.25) is 11.8 Å². The largest absolute Gasteiger partial charge is 0.356 e. The summed E-state index contributed by atoms with van der Waals surface area (Å²) in [5.74, 6) is 0.298. The fourth-order valence-corrected chi connectivity index (χ4v) is 2.34. The van der Waals surface area contributed by atoms with Gasteiger partial charge in [0.1, 0.15) is 0 Å². The molecule has 1 saturated carbocycles. The number of hydrogen-bond acceptors (Lipinski definition) is 3. The Labute approximate surface area is 121 Å². The third kappa shape index (κ3) is 7.38. The average molecular weight is 292 g/mol. The van der Waals surface area contributed by atoms with Crippen molar-refractivity contribution < 1.29 is 9.59 Å². The second-order valence-corrected chi connectivity index (χ2v) is 5.38. The zero-order valence-electron chi connectivity index (χ0n) is 11.8. The topological polar surface area (TPSA) is 84.2 Å². The van der Waals surface area contributed by atoms with Gasteiger partial charge >= 0.3 is 0 Å². The predicted octanol–water partition coefficient (Wildman–Crippen LogP) is 0.957. The lowest BCUT2D eigenvalue weighted by Gasteiger charge is -2.14. The maximum absolute atomic E-state index is 11.6. The quantitative estimate of drug-likeness (QED) is 0.681. The molecule has 0 heterocycles. The summed E-state index contributed by atoms with van der Waals surface area (Å²) < 4.78 is 0. The van der Waals surface area contributed by atoms with Crippen LogP contribution in [0.5, 0.6) is 0 Å². The fraction of sp³-hybridized carbons (Fsp3) is 0.846. The van der Waals surface area contributed by atoms with Crippen molar-refractivity contribution in [1.29, 1.82) is 0 Å². The second-order valence-electron chi connectivity index (χ2n) is 5.38. The molecule has 112 valence electrons. The van der Waals surface area contributed by atoms with Crippen LogP contribution in [0.2, 0.25) is 0 Å². The maximum atomic E-state index is 11.6. The third-order valence-electron chi connectivity index (χ3n) is 3.29. The Morgan fingerprint density at radius 3 is 2.47 bits per heavy atom. The molecule has 0 aromatic heterocycles. The van der Waals surface area contributed by atoms with Gasteiger partial charge in [0, 0.05) is 31.5 Å². The highest BCUT2D eigenvalue weighted by Gasteiger charge is 2.25. The van der Waals surface area contributed by atoms with Gasteiger partial charge in [-0.25, -0.2) is 0 Å². The minimum Gasteiger partial charge on any atom is -0.356 e. The summed E-state index contributed by atoms with van der Waals surface area (Å²) >= 11 is 0. The third-order valence-corrected chi connectivity index (χ3v) is 3.29. The number of amides is 2. The van der Waals surface area contributed by atoms with Crippen LogP contribution >= 0.6 is 12.4 Å². The molecule has 19 heavy (non-hydrogen) atoms. The first-order valence-corrected chi connectivity index (χ1v) is 6.80. The van der Waals surface area contributed by atoms with E-state index in [0.717, 1.165) is 19.3 Å². The van der Waals surface area contributed by atoms with Crippen LogP contribution in [0, 0.1) is 5.92 Å². The minimum absolute atomic E-state index is 0. The summed E-state index contributed by atoms with van der Waals surface area (Å²) in [7, 11) is 0. The monoisotopic (exact) mass is 291 g/mol. The highest BCUT2D eigenvalue weighted by Crippen LogP contribution is 2.26. The summed E-state index contributed by atoms with van der Waals surface area (Å²) in [6, 6.07) is 0.310. The Kier molecular flexibility index (Phi) is 8.76. The first-order valence-electron chi connectivity index (χ1n) is 6.80. The van der Waals surface area contributed by atoms with Crippen LogP contribution in [0.3, 0.4) is 0 Å². The average Bonchev–Trinajstić information content (AvgIpc) is 2.63. The van der Waals surface area contributed by atoms with E-state index in [2.05, 4.69) is 10.6 Å². The molecule has 1 aliphatic rings. The van der Waals surface area contributed by atoms with Gasteiger partial charge in [-0.15, -0.1) is 12.4 Å². The predicted molar refractivity (Wildman–Crippen MR) is 78.1 cm³/mol. The maximum Gasteiger partial charge on any atom is 0.221 e. The van der Waals surface area contributed by atoms with E-state index in [1.165, 1.54) is 0 Å². The molecule has 1 rings (SSSR count). The van der Waals surface area contributed by atoms with Crippen molar-refractivity contribution in [3.05, 3.63) is 0 Å². The summed E-state index contributed by atoms with van der Waals surface area (Å²) in [5, 5.41) is 5.57. The smallest absolute Gasteiger partial charge is 0.221 e. The van der Waals surface area contributed by atoms with Gasteiger partial charge < -0.3 is 16.4 Å². The SMILES string of the molecule is CC(C)NC(=O)CCNC(=O)C[C@@H]1CCC[C@H]1N.Cl. The summed E-state index contributed by atoms with van der Waals surface area (Å²) in [6.45, 7) is 4.23. The molecule has 1 fully saturated rings. The van der Waals surface area contributed by atoms with Crippen LogP contribution in [0.15, 0.2) is 0 Å². The van der Waals surface area contributed by atoms with Crippen LogP contribution in [0.4, 0.5) is 0 Å². The zero-order chi connectivity index (χ0) is 13.5. The molecule has 0 saturated heterocycles. The Morgan fingerprint density at radius 1 is 1.26 bits per heavy atom. The molecule has 0 aromatic carbocycles. The van der Waals surface area contributed by atoms with Gasteiger partial charge in [-0.3, -0.25) is 9.59 Å². The lowest BCUT2D eigenvalue weighted by atomic mass is 10.00. The first-order chi connectivity index (χ1) is 8.49. The minimum atomic E-state index is -0.0251. The van der Waals surface area contributed by atoms with E-state index < -0.39 is 0 Å². The molecule has 4 N–H and O–H groups in total. The highest BCUT2D eigenvalue weighted by molar-refractivity contribution is 5.85. The molecule has 0 bridgehead atoms. The Balaban J connectivity index is 0.00000324. The molecular weight excluding hydrogens is 266 g/mol. The van der Waals surface area contributed by atoms with Gasteiger partial charge in [-0.2, -0.15) is 0 Å². The normalized spacial score (nSPS) is 21.9. The molecule has 0 spiro atoms. The van der Waals surface area contributed by atoms with Crippen LogP contribution in [-0.4, -0.2) is 30.4 Å². The highest BCUT2D eigenvalue weighted by atomic mass is 35.5. The van der Waals surface area contributed by atoms with Crippen molar-refractivity contribution in [2.24, 2.45) is 11.7 Å². The van der Waals surface area contributed by atoms with Crippen molar-refractivity contribution >= 4 is 24.2 Å². The van der Waals surface area contributed by atoms with E-state index in [4.69, 9.17) is 5.73 Å². The Bertz CT molecular complexity index is 298. The number of hydrogen-bond donors (Lipinski definition) is 3. The van der Waals surface area contributed by atoms with E-state index in [-0.39, 0.29) is 36.3 Å². The lowest BCUT2D eigenvalue weighted by Crippen LogP contribution is -2.35. The van der Waals surface area contributed by atoms with E-state index in [1.807, 2.05) is 13.8 Å². The number of nitrogens with two attached hydrogens (primary N) is 1. The molecule has 0 aromatic rings. The number of carbonyl (C=O) groups excluding carboxylic acids is 2. The summed E-state index contributed by atoms with van der Waals surface area (Å²) in [5.41, 5.74) is 5.91. The summed E-state index contributed by atoms with van der Waals surface area (Å²) in [6.07, 6.45) is 4.01. The van der Waals surface area contributed by atoms with E-state index in [1.54, 1.807) is 0 Å². The van der Waals surface area contributed by atoms with Crippen molar-refractivity contribution in [1.82, 2.24) is 10.6 Å². The van der Waals surface area contributed by atoms with Crippen molar-refractivity contribution in [3.63, 3.8) is 0 Å². The Hall–Kier alpha value is -0.810. The van der Waals surface area contributed by atoms with E-state index in [0.29, 0.717) is 25.3 Å². The molecule has 1 aliphatic carbocycles. The second kappa shape index (κ2) is 9.15. The van der Waals surface area contributed by atoms with E-state index in [9.17, 15) is 9.59 Å². The van der Waals surface area contributed by atoms with Gasteiger partial charge in [0.15, 0.2) is 0 Å². The van der Waals surface area contributed by atoms with Gasteiger partial charge in [-0.1, -0.05) is 6.42 Å². The lowest BCUT2D eigenvalue weighted by molar-refractivity contribution is -0.123. The van der Waals surface area contributed by atoms with E-state index >= 15 is 0 Å². The van der Waals surface area contributed by atoms with Crippen LogP contribution < -0.4 is 16.4 Å². The molecule has 0 radical (unpaired) electrons. The number of halogens is 1.